The van der Waals surface area contributed by atoms with Gasteiger partial charge < -0.3 is 15.6 Å². The van der Waals surface area contributed by atoms with Gasteiger partial charge in [-0.25, -0.2) is 0 Å². The second kappa shape index (κ2) is 6.23. The maximum absolute atomic E-state index is 12.2. The molecule has 0 unspecified atom stereocenters. The van der Waals surface area contributed by atoms with Crippen LogP contribution in [0.5, 0.6) is 5.75 Å². The first-order valence-corrected chi connectivity index (χ1v) is 7.64. The zero-order valence-electron chi connectivity index (χ0n) is 13.6. The third-order valence-corrected chi connectivity index (χ3v) is 4.28. The van der Waals surface area contributed by atoms with E-state index in [1.807, 2.05) is 36.4 Å². The second-order valence-corrected chi connectivity index (χ2v) is 5.74. The predicted molar refractivity (Wildman–Crippen MR) is 92.3 cm³/mol. The first kappa shape index (κ1) is 15.9. The summed E-state index contributed by atoms with van der Waals surface area (Å²) in [6.45, 7) is 1.80. The summed E-state index contributed by atoms with van der Waals surface area (Å²) in [5, 5.41) is 7.25. The lowest BCUT2D eigenvalue weighted by molar-refractivity contribution is -0.118. The molecule has 3 rings (SSSR count). The summed E-state index contributed by atoms with van der Waals surface area (Å²) in [6.07, 6.45) is 0.0537. The highest BCUT2D eigenvalue weighted by Crippen LogP contribution is 2.36. The lowest BCUT2D eigenvalue weighted by Crippen LogP contribution is -2.20. The Labute approximate surface area is 138 Å². The number of aromatic nitrogens is 2. The molecule has 1 heterocycles. The number of carbonyl (C=O) groups excluding carboxylic acids is 1. The summed E-state index contributed by atoms with van der Waals surface area (Å²) in [5.41, 5.74) is 7.32. The number of hydrogen-bond acceptors (Lipinski definition) is 3. The van der Waals surface area contributed by atoms with Gasteiger partial charge >= 0.3 is 0 Å². The Kier molecular flexibility index (Phi) is 4.12. The number of rotatable bonds is 5. The van der Waals surface area contributed by atoms with Crippen LogP contribution in [-0.2, 0) is 4.79 Å². The number of hydrogen-bond donors (Lipinski definition) is 3. The van der Waals surface area contributed by atoms with E-state index in [0.717, 1.165) is 22.1 Å². The number of aromatic amines is 2. The van der Waals surface area contributed by atoms with Crippen LogP contribution in [0.15, 0.2) is 41.2 Å². The van der Waals surface area contributed by atoms with E-state index >= 15 is 0 Å². The van der Waals surface area contributed by atoms with E-state index in [4.69, 9.17) is 10.5 Å². The molecule has 24 heavy (non-hydrogen) atoms. The van der Waals surface area contributed by atoms with E-state index in [1.165, 1.54) is 0 Å². The van der Waals surface area contributed by atoms with Gasteiger partial charge in [0.1, 0.15) is 5.75 Å². The fourth-order valence-electron chi connectivity index (χ4n) is 3.22. The molecule has 1 aromatic heterocycles. The molecular formula is C18H19N3O3. The topological polar surface area (TPSA) is 101 Å². The summed E-state index contributed by atoms with van der Waals surface area (Å²) >= 11 is 0. The van der Waals surface area contributed by atoms with Crippen molar-refractivity contribution in [2.75, 3.05) is 7.11 Å². The van der Waals surface area contributed by atoms with Gasteiger partial charge in [0.2, 0.25) is 5.91 Å². The van der Waals surface area contributed by atoms with Crippen LogP contribution in [0.2, 0.25) is 0 Å². The molecule has 0 bridgehead atoms. The molecule has 4 N–H and O–H groups in total. The summed E-state index contributed by atoms with van der Waals surface area (Å²) < 4.78 is 5.42. The van der Waals surface area contributed by atoms with Crippen LogP contribution in [0.4, 0.5) is 0 Å². The fourth-order valence-corrected chi connectivity index (χ4v) is 3.22. The molecule has 0 spiro atoms. The lowest BCUT2D eigenvalue weighted by Gasteiger charge is -2.18. The Morgan fingerprint density at radius 1 is 1.17 bits per heavy atom. The van der Waals surface area contributed by atoms with Crippen molar-refractivity contribution in [3.63, 3.8) is 0 Å². The third-order valence-electron chi connectivity index (χ3n) is 4.28. The van der Waals surface area contributed by atoms with Crippen molar-refractivity contribution in [3.05, 3.63) is 63.6 Å². The van der Waals surface area contributed by atoms with Crippen molar-refractivity contribution in [2.24, 2.45) is 5.73 Å². The molecule has 0 aliphatic rings. The number of nitrogens with two attached hydrogens (primary N) is 1. The van der Waals surface area contributed by atoms with E-state index < -0.39 is 11.8 Å². The van der Waals surface area contributed by atoms with E-state index in [0.29, 0.717) is 11.3 Å². The number of methoxy groups -OCH3 is 1. The zero-order valence-corrected chi connectivity index (χ0v) is 13.6. The van der Waals surface area contributed by atoms with Crippen LogP contribution in [-0.4, -0.2) is 23.2 Å². The number of ether oxygens (including phenoxy) is 1. The minimum atomic E-state index is -0.458. The van der Waals surface area contributed by atoms with Crippen LogP contribution in [0.3, 0.4) is 0 Å². The normalized spacial score (nSPS) is 12.2. The molecule has 2 aromatic carbocycles. The summed E-state index contributed by atoms with van der Waals surface area (Å²) in [7, 11) is 1.61. The van der Waals surface area contributed by atoms with Gasteiger partial charge in [-0.1, -0.05) is 30.3 Å². The number of carbonyl (C=O) groups is 1. The quantitative estimate of drug-likeness (QED) is 0.670. The third kappa shape index (κ3) is 2.67. The highest BCUT2D eigenvalue weighted by Gasteiger charge is 2.25. The number of fused-ring (bicyclic) bond motifs is 1. The average Bonchev–Trinajstić information content (AvgIpc) is 2.90. The smallest absolute Gasteiger partial charge is 0.267 e. The van der Waals surface area contributed by atoms with Crippen molar-refractivity contribution < 1.29 is 9.53 Å². The number of primary amides is 1. The first-order valence-electron chi connectivity index (χ1n) is 7.64. The second-order valence-electron chi connectivity index (χ2n) is 5.74. The number of nitrogens with one attached hydrogen (secondary N) is 2. The molecule has 1 atom stereocenters. The number of amides is 1. The predicted octanol–water partition coefficient (Wildman–Crippen LogP) is 2.18. The molecule has 0 saturated heterocycles. The van der Waals surface area contributed by atoms with Crippen LogP contribution in [0, 0.1) is 6.92 Å². The highest BCUT2D eigenvalue weighted by molar-refractivity contribution is 5.92. The Hall–Kier alpha value is -3.02. The van der Waals surface area contributed by atoms with E-state index in [1.54, 1.807) is 14.0 Å². The van der Waals surface area contributed by atoms with Crippen LogP contribution in [0.25, 0.3) is 10.8 Å². The standard InChI is InChI=1S/C18H19N3O3/c1-10-17(18(23)21-20-10)14(9-16(19)22)12-7-8-15(24-2)13-6-4-3-5-11(12)13/h3-8,14H,9H2,1-2H3,(H2,19,22)(H2,20,21,23)/t14-/m1/s1. The Balaban J connectivity index is 2.28. The van der Waals surface area contributed by atoms with E-state index in [2.05, 4.69) is 10.2 Å². The molecule has 0 saturated carbocycles. The molecule has 0 radical (unpaired) electrons. The van der Waals surface area contributed by atoms with Gasteiger partial charge in [-0.15, -0.1) is 0 Å². The molecule has 0 aliphatic carbocycles. The summed E-state index contributed by atoms with van der Waals surface area (Å²) in [5.74, 6) is -0.139. The molecule has 0 fully saturated rings. The minimum Gasteiger partial charge on any atom is -0.496 e. The summed E-state index contributed by atoms with van der Waals surface area (Å²) in [6, 6.07) is 11.5. The van der Waals surface area contributed by atoms with Crippen LogP contribution < -0.4 is 16.0 Å². The van der Waals surface area contributed by atoms with Gasteiger partial charge in [0.25, 0.3) is 5.56 Å². The van der Waals surface area contributed by atoms with Crippen molar-refractivity contribution in [2.45, 2.75) is 19.3 Å². The van der Waals surface area contributed by atoms with Crippen molar-refractivity contribution in [1.82, 2.24) is 10.2 Å². The molecule has 6 nitrogen and oxygen atoms in total. The molecule has 0 aliphatic heterocycles. The van der Waals surface area contributed by atoms with Crippen LogP contribution in [0.1, 0.15) is 29.2 Å². The summed E-state index contributed by atoms with van der Waals surface area (Å²) in [4.78, 5) is 23.9. The molecule has 6 heteroatoms. The van der Waals surface area contributed by atoms with E-state index in [-0.39, 0.29) is 12.0 Å². The monoisotopic (exact) mass is 325 g/mol. The van der Waals surface area contributed by atoms with Gasteiger partial charge in [0.05, 0.1) is 7.11 Å². The van der Waals surface area contributed by atoms with E-state index in [9.17, 15) is 9.59 Å². The highest BCUT2D eigenvalue weighted by atomic mass is 16.5. The molecular weight excluding hydrogens is 306 g/mol. The molecule has 124 valence electrons. The maximum atomic E-state index is 12.2. The van der Waals surface area contributed by atoms with Gasteiger partial charge in [0.15, 0.2) is 0 Å². The largest absolute Gasteiger partial charge is 0.496 e. The number of aryl methyl sites for hydroxylation is 1. The van der Waals surface area contributed by atoms with Gasteiger partial charge in [0, 0.05) is 29.0 Å². The number of H-pyrrole nitrogens is 2. The Bertz CT molecular complexity index is 956. The minimum absolute atomic E-state index is 0.0537. The lowest BCUT2D eigenvalue weighted by atomic mass is 9.85. The molecule has 3 aromatic rings. The van der Waals surface area contributed by atoms with Crippen molar-refractivity contribution in [1.29, 1.82) is 0 Å². The SMILES string of the molecule is COc1ccc([C@@H](CC(N)=O)c2c(C)[nH][nH]c2=O)c2ccccc12. The van der Waals surface area contributed by atoms with Crippen LogP contribution >= 0.6 is 0 Å². The maximum Gasteiger partial charge on any atom is 0.267 e. The van der Waals surface area contributed by atoms with Gasteiger partial charge in [-0.2, -0.15) is 0 Å². The molecule has 1 amide bonds. The van der Waals surface area contributed by atoms with Gasteiger partial charge in [-0.05, 0) is 23.9 Å². The van der Waals surface area contributed by atoms with Gasteiger partial charge in [-0.3, -0.25) is 14.7 Å². The Morgan fingerprint density at radius 3 is 2.46 bits per heavy atom. The zero-order chi connectivity index (χ0) is 17.3. The Morgan fingerprint density at radius 2 is 1.88 bits per heavy atom. The fraction of sp³-hybridized carbons (Fsp3) is 0.222. The first-order chi connectivity index (χ1) is 11.5. The number of benzene rings is 2. The average molecular weight is 325 g/mol. The van der Waals surface area contributed by atoms with Crippen molar-refractivity contribution in [3.8, 4) is 5.75 Å². The van der Waals surface area contributed by atoms with Crippen molar-refractivity contribution >= 4 is 16.7 Å².